The van der Waals surface area contributed by atoms with E-state index < -0.39 is 0 Å². The lowest BCUT2D eigenvalue weighted by atomic mass is 10.2. The van der Waals surface area contributed by atoms with Gasteiger partial charge in [0.25, 0.3) is 0 Å². The van der Waals surface area contributed by atoms with Gasteiger partial charge in [0.2, 0.25) is 5.91 Å². The van der Waals surface area contributed by atoms with Crippen LogP contribution in [0.3, 0.4) is 0 Å². The van der Waals surface area contributed by atoms with Gasteiger partial charge in [0.1, 0.15) is 17.2 Å². The summed E-state index contributed by atoms with van der Waals surface area (Å²) in [5, 5.41) is 3.75. The van der Waals surface area contributed by atoms with E-state index in [0.29, 0.717) is 21.5 Å². The number of aromatic nitrogens is 2. The highest BCUT2D eigenvalue weighted by Crippen LogP contribution is 2.33. The molecule has 0 unspecified atom stereocenters. The molecular formula is C15H16ClN3O2S. The largest absolute Gasteiger partial charge is 0.302 e. The second-order valence-corrected chi connectivity index (χ2v) is 6.22. The number of pyridine rings is 1. The molecule has 0 aliphatic carbocycles. The van der Waals surface area contributed by atoms with Crippen molar-refractivity contribution in [2.75, 3.05) is 5.32 Å². The van der Waals surface area contributed by atoms with Crippen LogP contribution in [0, 0.1) is 0 Å². The van der Waals surface area contributed by atoms with Gasteiger partial charge in [-0.05, 0) is 25.5 Å². The van der Waals surface area contributed by atoms with Crippen LogP contribution in [0.2, 0.25) is 5.02 Å². The Kier molecular flexibility index (Phi) is 5.63. The average molecular weight is 338 g/mol. The summed E-state index contributed by atoms with van der Waals surface area (Å²) < 4.78 is 0. The molecule has 0 saturated carbocycles. The topological polar surface area (TPSA) is 72.0 Å². The Morgan fingerprint density at radius 3 is 2.73 bits per heavy atom. The Labute approximate surface area is 137 Å². The van der Waals surface area contributed by atoms with Gasteiger partial charge in [-0.2, -0.15) is 0 Å². The predicted molar refractivity (Wildman–Crippen MR) is 88.3 cm³/mol. The number of Topliss-reactive ketones (excluding diaryl/α,β-unsaturated/α-hetero) is 1. The van der Waals surface area contributed by atoms with Crippen molar-refractivity contribution in [1.29, 1.82) is 0 Å². The highest BCUT2D eigenvalue weighted by Gasteiger charge is 2.16. The van der Waals surface area contributed by atoms with Gasteiger partial charge in [-0.25, -0.2) is 4.98 Å². The zero-order chi connectivity index (χ0) is 16.1. The number of rotatable bonds is 6. The number of nitrogens with zero attached hydrogens (tertiary/aromatic N) is 2. The Hall–Kier alpha value is -1.79. The Bertz CT molecular complexity index is 700. The van der Waals surface area contributed by atoms with Gasteiger partial charge in [0.15, 0.2) is 5.13 Å². The van der Waals surface area contributed by atoms with Gasteiger partial charge >= 0.3 is 0 Å². The van der Waals surface area contributed by atoms with E-state index in [0.717, 1.165) is 11.3 Å². The average Bonchev–Trinajstić information content (AvgIpc) is 2.88. The second-order valence-electron chi connectivity index (χ2n) is 4.73. The highest BCUT2D eigenvalue weighted by molar-refractivity contribution is 7.16. The van der Waals surface area contributed by atoms with E-state index >= 15 is 0 Å². The number of thiazole rings is 1. The fraction of sp³-hybridized carbons (Fsp3) is 0.333. The first-order chi connectivity index (χ1) is 10.5. The van der Waals surface area contributed by atoms with Gasteiger partial charge in [0.05, 0.1) is 5.02 Å². The molecule has 5 nitrogen and oxygen atoms in total. The Morgan fingerprint density at radius 2 is 2.09 bits per heavy atom. The minimum atomic E-state index is -0.217. The van der Waals surface area contributed by atoms with Gasteiger partial charge in [-0.15, -0.1) is 11.3 Å². The fourth-order valence-corrected chi connectivity index (χ4v) is 2.99. The lowest BCUT2D eigenvalue weighted by molar-refractivity contribution is -0.121. The van der Waals surface area contributed by atoms with Crippen LogP contribution < -0.4 is 5.32 Å². The molecule has 0 saturated heterocycles. The molecule has 0 radical (unpaired) electrons. The van der Waals surface area contributed by atoms with Crippen molar-refractivity contribution >= 4 is 39.8 Å². The number of anilines is 1. The maximum absolute atomic E-state index is 11.8. The van der Waals surface area contributed by atoms with Gasteiger partial charge < -0.3 is 10.1 Å². The highest BCUT2D eigenvalue weighted by atomic mass is 35.5. The van der Waals surface area contributed by atoms with E-state index in [4.69, 9.17) is 11.6 Å². The van der Waals surface area contributed by atoms with Crippen molar-refractivity contribution < 1.29 is 9.59 Å². The smallest absolute Gasteiger partial charge is 0.226 e. The van der Waals surface area contributed by atoms with Crippen LogP contribution in [0.5, 0.6) is 0 Å². The number of carbonyl (C=O) groups is 2. The second kappa shape index (κ2) is 7.47. The van der Waals surface area contributed by atoms with Crippen LogP contribution in [0.4, 0.5) is 5.13 Å². The van der Waals surface area contributed by atoms with Crippen LogP contribution in [0.25, 0.3) is 11.4 Å². The molecule has 22 heavy (non-hydrogen) atoms. The minimum absolute atomic E-state index is 0.00973. The summed E-state index contributed by atoms with van der Waals surface area (Å²) in [6.45, 7) is 3.47. The number of carbonyl (C=O) groups excluding carboxylic acids is 2. The molecule has 0 aliphatic heterocycles. The van der Waals surface area contributed by atoms with Crippen LogP contribution in [0.15, 0.2) is 18.3 Å². The monoisotopic (exact) mass is 337 g/mol. The summed E-state index contributed by atoms with van der Waals surface area (Å²) in [6, 6.07) is 3.52. The number of amides is 1. The quantitative estimate of drug-likeness (QED) is 0.871. The maximum Gasteiger partial charge on any atom is 0.226 e. The van der Waals surface area contributed by atoms with Crippen molar-refractivity contribution in [3.05, 3.63) is 28.2 Å². The molecular weight excluding hydrogens is 322 g/mol. The van der Waals surface area contributed by atoms with Crippen LogP contribution in [-0.2, 0) is 16.0 Å². The summed E-state index contributed by atoms with van der Waals surface area (Å²) in [4.78, 5) is 32.4. The molecule has 1 amide bonds. The molecule has 0 bridgehead atoms. The molecule has 0 fully saturated rings. The third-order valence-electron chi connectivity index (χ3n) is 2.95. The lowest BCUT2D eigenvalue weighted by Crippen LogP contribution is -2.12. The zero-order valence-corrected chi connectivity index (χ0v) is 13.9. The van der Waals surface area contributed by atoms with Crippen LogP contribution >= 0.6 is 22.9 Å². The summed E-state index contributed by atoms with van der Waals surface area (Å²) in [5.74, 6) is -0.227. The molecule has 2 aromatic heterocycles. The third-order valence-corrected chi connectivity index (χ3v) is 4.37. The molecule has 7 heteroatoms. The molecule has 2 rings (SSSR count). The predicted octanol–water partition coefficient (Wildman–Crippen LogP) is 3.73. The van der Waals surface area contributed by atoms with Crippen molar-refractivity contribution in [3.63, 3.8) is 0 Å². The van der Waals surface area contributed by atoms with E-state index in [1.54, 1.807) is 18.3 Å². The molecule has 0 atom stereocenters. The lowest BCUT2D eigenvalue weighted by Gasteiger charge is -2.01. The van der Waals surface area contributed by atoms with E-state index in [2.05, 4.69) is 15.3 Å². The molecule has 2 aromatic rings. The first-order valence-electron chi connectivity index (χ1n) is 6.91. The summed E-state index contributed by atoms with van der Waals surface area (Å²) in [6.07, 6.45) is 2.82. The third kappa shape index (κ3) is 4.11. The Morgan fingerprint density at radius 1 is 1.32 bits per heavy atom. The number of hydrogen-bond donors (Lipinski definition) is 1. The molecule has 1 N–H and O–H groups in total. The number of halogens is 1. The summed E-state index contributed by atoms with van der Waals surface area (Å²) in [5.41, 5.74) is 1.31. The van der Waals surface area contributed by atoms with Gasteiger partial charge in [-0.3, -0.25) is 9.78 Å². The molecule has 0 spiro atoms. The Balaban J connectivity index is 2.21. The number of hydrogen-bond acceptors (Lipinski definition) is 5. The minimum Gasteiger partial charge on any atom is -0.302 e. The normalized spacial score (nSPS) is 10.5. The summed E-state index contributed by atoms with van der Waals surface area (Å²) in [7, 11) is 0. The first-order valence-corrected chi connectivity index (χ1v) is 8.10. The van der Waals surface area contributed by atoms with Crippen molar-refractivity contribution in [2.24, 2.45) is 0 Å². The fourth-order valence-electron chi connectivity index (χ4n) is 1.86. The van der Waals surface area contributed by atoms with E-state index in [-0.39, 0.29) is 24.5 Å². The van der Waals surface area contributed by atoms with Crippen LogP contribution in [-0.4, -0.2) is 21.7 Å². The van der Waals surface area contributed by atoms with E-state index in [1.807, 2.05) is 6.92 Å². The molecule has 116 valence electrons. The van der Waals surface area contributed by atoms with Crippen molar-refractivity contribution in [2.45, 2.75) is 33.1 Å². The zero-order valence-electron chi connectivity index (χ0n) is 12.4. The van der Waals surface area contributed by atoms with Gasteiger partial charge in [-0.1, -0.05) is 18.5 Å². The van der Waals surface area contributed by atoms with E-state index in [9.17, 15) is 9.59 Å². The van der Waals surface area contributed by atoms with Crippen LogP contribution in [0.1, 0.15) is 31.6 Å². The standard InChI is InChI=1S/C15H16ClN3O2S/c1-3-11-14(13-10(16)5-4-8-17-13)19-15(22-11)18-12(21)7-6-9(2)20/h4-5,8H,3,6-7H2,1-2H3,(H,18,19,21). The molecule has 0 aromatic carbocycles. The molecule has 2 heterocycles. The van der Waals surface area contributed by atoms with Gasteiger partial charge in [0, 0.05) is 23.9 Å². The maximum atomic E-state index is 11.8. The summed E-state index contributed by atoms with van der Waals surface area (Å²) >= 11 is 7.56. The molecule has 0 aliphatic rings. The van der Waals surface area contributed by atoms with Crippen molar-refractivity contribution in [1.82, 2.24) is 9.97 Å². The van der Waals surface area contributed by atoms with E-state index in [1.165, 1.54) is 18.3 Å². The number of ketones is 1. The number of nitrogens with one attached hydrogen (secondary N) is 1. The van der Waals surface area contributed by atoms with Crippen molar-refractivity contribution in [3.8, 4) is 11.4 Å². The SMILES string of the molecule is CCc1sc(NC(=O)CCC(C)=O)nc1-c1ncccc1Cl. The first kappa shape index (κ1) is 16.6. The number of aryl methyl sites for hydroxylation is 1.